The number of rotatable bonds is 3. The number of alkyl halides is 1. The number of hydrogen-bond acceptors (Lipinski definition) is 3. The average Bonchev–Trinajstić information content (AvgIpc) is 2.98. The maximum absolute atomic E-state index is 8.92. The summed E-state index contributed by atoms with van der Waals surface area (Å²) in [6.07, 6.45) is 0.676. The number of nitrogens with zero attached hydrogens (tertiary/aromatic N) is 5. The highest BCUT2D eigenvalue weighted by Gasteiger charge is 2.18. The molecule has 106 valence electrons. The van der Waals surface area contributed by atoms with Crippen LogP contribution in [0.1, 0.15) is 17.1 Å². The molecule has 0 aliphatic carbocycles. The van der Waals surface area contributed by atoms with Crippen LogP contribution in [0.25, 0.3) is 16.9 Å². The maximum Gasteiger partial charge on any atom is 0.163 e. The van der Waals surface area contributed by atoms with Crippen molar-refractivity contribution in [2.45, 2.75) is 13.3 Å². The van der Waals surface area contributed by atoms with Crippen LogP contribution in [0.5, 0.6) is 0 Å². The van der Waals surface area contributed by atoms with Gasteiger partial charge in [-0.1, -0.05) is 0 Å². The monoisotopic (exact) mass is 299 g/mol. The fourth-order valence-electron chi connectivity index (χ4n) is 2.53. The van der Waals surface area contributed by atoms with E-state index in [2.05, 4.69) is 20.7 Å². The Hall–Kier alpha value is -2.32. The Labute approximate surface area is 127 Å². The first-order valence-electron chi connectivity index (χ1n) is 6.63. The van der Waals surface area contributed by atoms with Crippen LogP contribution in [-0.2, 0) is 13.5 Å². The Balaban J connectivity index is 2.27. The van der Waals surface area contributed by atoms with Gasteiger partial charge in [-0.25, -0.2) is 9.67 Å². The summed E-state index contributed by atoms with van der Waals surface area (Å²) in [6.45, 7) is 1.95. The van der Waals surface area contributed by atoms with Crippen molar-refractivity contribution in [1.29, 1.82) is 5.26 Å². The fraction of sp³-hybridized carbons (Fsp3) is 0.267. The molecule has 0 unspecified atom stereocenters. The van der Waals surface area contributed by atoms with Crippen molar-refractivity contribution in [2.24, 2.45) is 7.05 Å². The molecule has 2 heterocycles. The highest BCUT2D eigenvalue weighted by Crippen LogP contribution is 2.24. The topological polar surface area (TPSA) is 59.4 Å². The van der Waals surface area contributed by atoms with E-state index in [1.807, 2.05) is 30.8 Å². The smallest absolute Gasteiger partial charge is 0.163 e. The standard InChI is InChI=1S/C15H14ClN5/c1-10-14-15(20(2)19-10)21(13(18-14)7-8-16)12-5-3-11(9-17)4-6-12/h3-6H,7-8H2,1-2H3. The van der Waals surface area contributed by atoms with E-state index in [-0.39, 0.29) is 0 Å². The van der Waals surface area contributed by atoms with Gasteiger partial charge in [-0.05, 0) is 31.2 Å². The zero-order valence-electron chi connectivity index (χ0n) is 11.8. The summed E-state index contributed by atoms with van der Waals surface area (Å²) in [5.74, 6) is 1.41. The van der Waals surface area contributed by atoms with Crippen LogP contribution in [0.3, 0.4) is 0 Å². The molecule has 0 N–H and O–H groups in total. The van der Waals surface area contributed by atoms with Crippen molar-refractivity contribution in [3.05, 3.63) is 41.3 Å². The van der Waals surface area contributed by atoms with Crippen molar-refractivity contribution in [1.82, 2.24) is 19.3 Å². The highest BCUT2D eigenvalue weighted by atomic mass is 35.5. The molecule has 5 nitrogen and oxygen atoms in total. The van der Waals surface area contributed by atoms with E-state index in [0.29, 0.717) is 17.9 Å². The second kappa shape index (κ2) is 5.23. The van der Waals surface area contributed by atoms with Crippen molar-refractivity contribution in [3.63, 3.8) is 0 Å². The van der Waals surface area contributed by atoms with Gasteiger partial charge >= 0.3 is 0 Å². The second-order valence-electron chi connectivity index (χ2n) is 4.84. The zero-order chi connectivity index (χ0) is 15.0. The van der Waals surface area contributed by atoms with E-state index >= 15 is 0 Å². The second-order valence-corrected chi connectivity index (χ2v) is 5.22. The van der Waals surface area contributed by atoms with E-state index in [0.717, 1.165) is 28.4 Å². The molecule has 0 saturated carbocycles. The third kappa shape index (κ3) is 2.18. The first kappa shape index (κ1) is 13.7. The van der Waals surface area contributed by atoms with Gasteiger partial charge < -0.3 is 0 Å². The lowest BCUT2D eigenvalue weighted by Gasteiger charge is -2.09. The van der Waals surface area contributed by atoms with Gasteiger partial charge in [0.15, 0.2) is 5.65 Å². The van der Waals surface area contributed by atoms with Gasteiger partial charge in [-0.2, -0.15) is 10.4 Å². The number of hydrogen-bond donors (Lipinski definition) is 0. The van der Waals surface area contributed by atoms with Crippen molar-refractivity contribution < 1.29 is 0 Å². The summed E-state index contributed by atoms with van der Waals surface area (Å²) >= 11 is 5.90. The number of imidazole rings is 1. The summed E-state index contributed by atoms with van der Waals surface area (Å²) in [5.41, 5.74) is 4.32. The number of fused-ring (bicyclic) bond motifs is 1. The summed E-state index contributed by atoms with van der Waals surface area (Å²) in [6, 6.07) is 9.56. The molecular weight excluding hydrogens is 286 g/mol. The fourth-order valence-corrected chi connectivity index (χ4v) is 2.70. The number of aromatic nitrogens is 4. The van der Waals surface area contributed by atoms with Gasteiger partial charge in [0.2, 0.25) is 0 Å². The quantitative estimate of drug-likeness (QED) is 0.699. The lowest BCUT2D eigenvalue weighted by atomic mass is 10.2. The van der Waals surface area contributed by atoms with Crippen LogP contribution < -0.4 is 0 Å². The first-order chi connectivity index (χ1) is 10.2. The van der Waals surface area contributed by atoms with Crippen LogP contribution in [0.15, 0.2) is 24.3 Å². The van der Waals surface area contributed by atoms with Crippen LogP contribution in [0.4, 0.5) is 0 Å². The molecule has 0 bridgehead atoms. The summed E-state index contributed by atoms with van der Waals surface area (Å²) in [5, 5.41) is 13.3. The molecule has 1 aromatic carbocycles. The molecule has 3 aromatic rings. The van der Waals surface area contributed by atoms with Gasteiger partial charge in [0.25, 0.3) is 0 Å². The summed E-state index contributed by atoms with van der Waals surface area (Å²) in [7, 11) is 1.90. The van der Waals surface area contributed by atoms with Crippen LogP contribution in [0, 0.1) is 18.3 Å². The summed E-state index contributed by atoms with van der Waals surface area (Å²) < 4.78 is 3.88. The molecule has 0 radical (unpaired) electrons. The van der Waals surface area contributed by atoms with E-state index in [9.17, 15) is 0 Å². The minimum Gasteiger partial charge on any atom is -0.281 e. The van der Waals surface area contributed by atoms with Crippen LogP contribution in [-0.4, -0.2) is 25.2 Å². The number of halogens is 1. The highest BCUT2D eigenvalue weighted by molar-refractivity contribution is 6.17. The number of nitriles is 1. The summed E-state index contributed by atoms with van der Waals surface area (Å²) in [4.78, 5) is 4.67. The largest absolute Gasteiger partial charge is 0.281 e. The molecule has 0 atom stereocenters. The molecule has 2 aromatic heterocycles. The van der Waals surface area contributed by atoms with E-state index in [1.54, 1.807) is 12.1 Å². The minimum atomic E-state index is 0.506. The number of aryl methyl sites for hydroxylation is 3. The molecule has 0 spiro atoms. The van der Waals surface area contributed by atoms with Crippen molar-refractivity contribution in [2.75, 3.05) is 5.88 Å². The molecule has 6 heteroatoms. The Morgan fingerprint density at radius 1 is 1.29 bits per heavy atom. The van der Waals surface area contributed by atoms with E-state index < -0.39 is 0 Å². The molecule has 0 aliphatic heterocycles. The average molecular weight is 300 g/mol. The molecule has 0 fully saturated rings. The van der Waals surface area contributed by atoms with Gasteiger partial charge in [0, 0.05) is 25.0 Å². The molecule has 0 saturated heterocycles. The lowest BCUT2D eigenvalue weighted by Crippen LogP contribution is -2.06. The minimum absolute atomic E-state index is 0.506. The van der Waals surface area contributed by atoms with Gasteiger partial charge in [-0.15, -0.1) is 11.6 Å². The molecular formula is C15H14ClN5. The Kier molecular flexibility index (Phi) is 3.40. The maximum atomic E-state index is 8.92. The Morgan fingerprint density at radius 3 is 2.62 bits per heavy atom. The first-order valence-corrected chi connectivity index (χ1v) is 7.16. The Morgan fingerprint density at radius 2 is 2.00 bits per heavy atom. The van der Waals surface area contributed by atoms with Crippen LogP contribution >= 0.6 is 11.6 Å². The molecule has 0 amide bonds. The predicted molar refractivity (Wildman–Crippen MR) is 81.7 cm³/mol. The van der Waals surface area contributed by atoms with Gasteiger partial charge in [0.1, 0.15) is 11.3 Å². The third-order valence-corrected chi connectivity index (χ3v) is 3.63. The molecule has 0 aliphatic rings. The lowest BCUT2D eigenvalue weighted by molar-refractivity contribution is 0.751. The number of benzene rings is 1. The zero-order valence-corrected chi connectivity index (χ0v) is 12.6. The predicted octanol–water partition coefficient (Wildman–Crippen LogP) is 2.72. The van der Waals surface area contributed by atoms with Crippen LogP contribution in [0.2, 0.25) is 0 Å². The van der Waals surface area contributed by atoms with Crippen molar-refractivity contribution in [3.8, 4) is 11.8 Å². The Bertz CT molecular complexity index is 836. The normalized spacial score (nSPS) is 11.0. The van der Waals surface area contributed by atoms with E-state index in [4.69, 9.17) is 16.9 Å². The van der Waals surface area contributed by atoms with Gasteiger partial charge in [0.05, 0.1) is 17.3 Å². The van der Waals surface area contributed by atoms with Crippen molar-refractivity contribution >= 4 is 22.8 Å². The molecule has 3 rings (SSSR count). The molecule has 21 heavy (non-hydrogen) atoms. The third-order valence-electron chi connectivity index (χ3n) is 3.44. The van der Waals surface area contributed by atoms with E-state index in [1.165, 1.54) is 0 Å². The SMILES string of the molecule is Cc1nn(C)c2c1nc(CCCl)n2-c1ccc(C#N)cc1. The van der Waals surface area contributed by atoms with Gasteiger partial charge in [-0.3, -0.25) is 4.57 Å².